The molecule has 0 aromatic heterocycles. The van der Waals surface area contributed by atoms with E-state index in [1.165, 1.54) is 7.11 Å². The van der Waals surface area contributed by atoms with Crippen molar-refractivity contribution in [2.24, 2.45) is 0 Å². The Labute approximate surface area is 167 Å². The van der Waals surface area contributed by atoms with Gasteiger partial charge in [0.25, 0.3) is 0 Å². The predicted molar refractivity (Wildman–Crippen MR) is 111 cm³/mol. The van der Waals surface area contributed by atoms with E-state index in [-0.39, 0.29) is 18.5 Å². The fourth-order valence-electron chi connectivity index (χ4n) is 2.89. The number of aliphatic hydroxyl groups excluding tert-OH is 1. The Morgan fingerprint density at radius 2 is 1.82 bits per heavy atom. The van der Waals surface area contributed by atoms with Gasteiger partial charge in [0.2, 0.25) is 0 Å². The van der Waals surface area contributed by atoms with Crippen molar-refractivity contribution in [3.63, 3.8) is 0 Å². The number of ether oxygens (including phenoxy) is 2. The Morgan fingerprint density at radius 1 is 1.14 bits per heavy atom. The monoisotopic (exact) mass is 380 g/mol. The van der Waals surface area contributed by atoms with Crippen LogP contribution in [0.2, 0.25) is 0 Å². The Morgan fingerprint density at radius 3 is 2.43 bits per heavy atom. The van der Waals surface area contributed by atoms with Crippen LogP contribution in [0, 0.1) is 0 Å². The third-order valence-electron chi connectivity index (χ3n) is 4.56. The van der Waals surface area contributed by atoms with Crippen LogP contribution in [0.4, 0.5) is 0 Å². The Hall–Kier alpha value is -2.69. The van der Waals surface area contributed by atoms with Gasteiger partial charge in [-0.2, -0.15) is 0 Å². The number of carbonyl (C=O) groups excluding carboxylic acids is 1. The minimum atomic E-state index is -0.676. The Bertz CT molecular complexity index is 778. The molecule has 0 spiro atoms. The zero-order valence-corrected chi connectivity index (χ0v) is 16.5. The van der Waals surface area contributed by atoms with Crippen LogP contribution in [0.5, 0.6) is 0 Å². The SMILES string of the molecule is C=CCC(/C=C(/C)C(O)COCc1ccccc1)c1ccc(C(=O)OC)cc1. The number of methoxy groups -OCH3 is 1. The summed E-state index contributed by atoms with van der Waals surface area (Å²) in [5.41, 5.74) is 3.48. The van der Waals surface area contributed by atoms with Crippen LogP contribution in [0.1, 0.15) is 40.7 Å². The van der Waals surface area contributed by atoms with Gasteiger partial charge < -0.3 is 14.6 Å². The summed E-state index contributed by atoms with van der Waals surface area (Å²) in [6, 6.07) is 17.2. The van der Waals surface area contributed by atoms with Crippen molar-refractivity contribution in [3.8, 4) is 0 Å². The maximum atomic E-state index is 11.6. The van der Waals surface area contributed by atoms with E-state index in [1.54, 1.807) is 12.1 Å². The first-order valence-electron chi connectivity index (χ1n) is 9.32. The minimum absolute atomic E-state index is 0.0629. The molecule has 2 aromatic carbocycles. The topological polar surface area (TPSA) is 55.8 Å². The van der Waals surface area contributed by atoms with Gasteiger partial charge in [-0.1, -0.05) is 54.6 Å². The van der Waals surface area contributed by atoms with E-state index in [0.717, 1.165) is 23.1 Å². The van der Waals surface area contributed by atoms with Crippen LogP contribution in [0.15, 0.2) is 78.9 Å². The van der Waals surface area contributed by atoms with E-state index in [1.807, 2.05) is 61.5 Å². The van der Waals surface area contributed by atoms with Crippen LogP contribution in [0.3, 0.4) is 0 Å². The fraction of sp³-hybridized carbons (Fsp3) is 0.292. The quantitative estimate of drug-likeness (QED) is 0.481. The third-order valence-corrected chi connectivity index (χ3v) is 4.56. The largest absolute Gasteiger partial charge is 0.465 e. The molecule has 28 heavy (non-hydrogen) atoms. The highest BCUT2D eigenvalue weighted by atomic mass is 16.5. The second-order valence-corrected chi connectivity index (χ2v) is 6.67. The molecule has 0 fully saturated rings. The summed E-state index contributed by atoms with van der Waals surface area (Å²) >= 11 is 0. The van der Waals surface area contributed by atoms with Gasteiger partial charge in [-0.15, -0.1) is 6.58 Å². The van der Waals surface area contributed by atoms with Crippen molar-refractivity contribution >= 4 is 5.97 Å². The molecular weight excluding hydrogens is 352 g/mol. The zero-order valence-electron chi connectivity index (χ0n) is 16.5. The smallest absolute Gasteiger partial charge is 0.337 e. The van der Waals surface area contributed by atoms with Crippen molar-refractivity contribution < 1.29 is 19.4 Å². The molecule has 0 radical (unpaired) electrons. The molecule has 0 saturated heterocycles. The highest BCUT2D eigenvalue weighted by Crippen LogP contribution is 2.25. The standard InChI is InChI=1S/C24H28O4/c1-4-8-22(20-11-13-21(14-12-20)24(26)27-3)15-18(2)23(25)17-28-16-19-9-6-5-7-10-19/h4-7,9-15,22-23,25H,1,8,16-17H2,2-3H3/b18-15-. The normalized spacial score (nSPS) is 13.6. The van der Waals surface area contributed by atoms with Crippen molar-refractivity contribution in [3.05, 3.63) is 95.6 Å². The summed E-state index contributed by atoms with van der Waals surface area (Å²) in [5, 5.41) is 10.4. The lowest BCUT2D eigenvalue weighted by Gasteiger charge is -2.17. The molecule has 0 saturated carbocycles. The molecule has 0 aliphatic heterocycles. The number of hydrogen-bond donors (Lipinski definition) is 1. The molecule has 0 amide bonds. The summed E-state index contributed by atoms with van der Waals surface area (Å²) in [5.74, 6) is -0.294. The van der Waals surface area contributed by atoms with Crippen LogP contribution < -0.4 is 0 Å². The lowest BCUT2D eigenvalue weighted by molar-refractivity contribution is 0.0451. The molecule has 0 heterocycles. The Kier molecular flexibility index (Phi) is 8.66. The van der Waals surface area contributed by atoms with Crippen LogP contribution in [-0.2, 0) is 16.1 Å². The van der Waals surface area contributed by atoms with E-state index in [0.29, 0.717) is 12.2 Å². The number of allylic oxidation sites excluding steroid dienone is 2. The van der Waals surface area contributed by atoms with Crippen molar-refractivity contribution in [1.29, 1.82) is 0 Å². The number of benzene rings is 2. The van der Waals surface area contributed by atoms with Gasteiger partial charge in [0.1, 0.15) is 0 Å². The highest BCUT2D eigenvalue weighted by Gasteiger charge is 2.13. The summed E-state index contributed by atoms with van der Waals surface area (Å²) in [6.07, 6.45) is 3.93. The molecule has 0 aliphatic carbocycles. The summed E-state index contributed by atoms with van der Waals surface area (Å²) in [4.78, 5) is 11.6. The van der Waals surface area contributed by atoms with E-state index in [4.69, 9.17) is 9.47 Å². The minimum Gasteiger partial charge on any atom is -0.465 e. The first kappa shape index (κ1) is 21.6. The van der Waals surface area contributed by atoms with E-state index in [2.05, 4.69) is 6.58 Å². The van der Waals surface area contributed by atoms with Gasteiger partial charge >= 0.3 is 5.97 Å². The summed E-state index contributed by atoms with van der Waals surface area (Å²) < 4.78 is 10.4. The van der Waals surface area contributed by atoms with Crippen LogP contribution in [-0.4, -0.2) is 30.9 Å². The van der Waals surface area contributed by atoms with Gasteiger partial charge in [0.05, 0.1) is 32.0 Å². The molecule has 4 nitrogen and oxygen atoms in total. The number of aliphatic hydroxyl groups is 1. The van der Waals surface area contributed by atoms with Gasteiger partial charge in [-0.25, -0.2) is 4.79 Å². The maximum Gasteiger partial charge on any atom is 0.337 e. The first-order chi connectivity index (χ1) is 13.5. The number of carbonyl (C=O) groups is 1. The van der Waals surface area contributed by atoms with E-state index < -0.39 is 6.10 Å². The van der Waals surface area contributed by atoms with Crippen LogP contribution >= 0.6 is 0 Å². The lowest BCUT2D eigenvalue weighted by atomic mass is 9.92. The van der Waals surface area contributed by atoms with E-state index >= 15 is 0 Å². The molecule has 2 unspecified atom stereocenters. The summed E-state index contributed by atoms with van der Waals surface area (Å²) in [6.45, 7) is 6.43. The molecule has 4 heteroatoms. The second-order valence-electron chi connectivity index (χ2n) is 6.67. The average molecular weight is 380 g/mol. The molecule has 2 aromatic rings. The average Bonchev–Trinajstić information content (AvgIpc) is 2.73. The molecular formula is C24H28O4. The van der Waals surface area contributed by atoms with Gasteiger partial charge in [-0.3, -0.25) is 0 Å². The molecule has 0 aliphatic rings. The fourth-order valence-corrected chi connectivity index (χ4v) is 2.89. The first-order valence-corrected chi connectivity index (χ1v) is 9.32. The summed E-state index contributed by atoms with van der Waals surface area (Å²) in [7, 11) is 1.37. The van der Waals surface area contributed by atoms with Gasteiger partial charge in [0.15, 0.2) is 0 Å². The van der Waals surface area contributed by atoms with Gasteiger partial charge in [0, 0.05) is 5.92 Å². The predicted octanol–water partition coefficient (Wildman–Crippen LogP) is 4.66. The second kappa shape index (κ2) is 11.2. The Balaban J connectivity index is 2.00. The number of esters is 1. The zero-order chi connectivity index (χ0) is 20.4. The van der Waals surface area contributed by atoms with E-state index in [9.17, 15) is 9.90 Å². The highest BCUT2D eigenvalue weighted by molar-refractivity contribution is 5.89. The maximum absolute atomic E-state index is 11.6. The molecule has 0 bridgehead atoms. The number of hydrogen-bond acceptors (Lipinski definition) is 4. The van der Waals surface area contributed by atoms with Crippen molar-refractivity contribution in [2.75, 3.05) is 13.7 Å². The van der Waals surface area contributed by atoms with Crippen LogP contribution in [0.25, 0.3) is 0 Å². The molecule has 148 valence electrons. The molecule has 2 rings (SSSR count). The molecule has 1 N–H and O–H groups in total. The van der Waals surface area contributed by atoms with Gasteiger partial charge in [-0.05, 0) is 42.2 Å². The van der Waals surface area contributed by atoms with Crippen molar-refractivity contribution in [1.82, 2.24) is 0 Å². The third kappa shape index (κ3) is 6.48. The van der Waals surface area contributed by atoms with Crippen molar-refractivity contribution in [2.45, 2.75) is 32.0 Å². The number of rotatable bonds is 10. The lowest BCUT2D eigenvalue weighted by Crippen LogP contribution is -2.17. The molecule has 2 atom stereocenters.